The number of ether oxygens (including phenoxy) is 1. The summed E-state index contributed by atoms with van der Waals surface area (Å²) in [6.07, 6.45) is -6.96. The summed E-state index contributed by atoms with van der Waals surface area (Å²) in [5.74, 6) is -3.86. The smallest absolute Gasteiger partial charge is 0.389 e. The van der Waals surface area contributed by atoms with Gasteiger partial charge >= 0.3 is 6.18 Å². The molecule has 0 fully saturated rings. The van der Waals surface area contributed by atoms with Crippen molar-refractivity contribution in [3.8, 4) is 5.75 Å². The van der Waals surface area contributed by atoms with Gasteiger partial charge in [0.15, 0.2) is 5.78 Å². The van der Waals surface area contributed by atoms with Gasteiger partial charge in [0.1, 0.15) is 17.4 Å². The summed E-state index contributed by atoms with van der Waals surface area (Å²) in [6, 6.07) is 1.48. The number of carbonyl (C=O) groups excluding carboxylic acids is 1. The third kappa shape index (κ3) is 3.68. The van der Waals surface area contributed by atoms with Crippen molar-refractivity contribution in [2.45, 2.75) is 19.0 Å². The molecule has 0 spiro atoms. The van der Waals surface area contributed by atoms with Crippen molar-refractivity contribution < 1.29 is 31.5 Å². The minimum atomic E-state index is -4.55. The van der Waals surface area contributed by atoms with Crippen molar-refractivity contribution >= 4 is 5.78 Å². The van der Waals surface area contributed by atoms with Crippen molar-refractivity contribution in [2.75, 3.05) is 7.11 Å². The first-order chi connectivity index (χ1) is 8.24. The van der Waals surface area contributed by atoms with Crippen LogP contribution in [-0.4, -0.2) is 19.1 Å². The quantitative estimate of drug-likeness (QED) is 0.617. The predicted octanol–water partition coefficient (Wildman–Crippen LogP) is 3.50. The van der Waals surface area contributed by atoms with Gasteiger partial charge < -0.3 is 4.74 Å². The van der Waals surface area contributed by atoms with E-state index < -0.39 is 42.0 Å². The third-order valence-electron chi connectivity index (χ3n) is 2.17. The Bertz CT molecular complexity index is 430. The fourth-order valence-corrected chi connectivity index (χ4v) is 1.31. The van der Waals surface area contributed by atoms with Gasteiger partial charge in [-0.25, -0.2) is 8.78 Å². The number of rotatable bonds is 4. The summed E-state index contributed by atoms with van der Waals surface area (Å²) in [5.41, 5.74) is -0.972. The van der Waals surface area contributed by atoms with Crippen LogP contribution in [0.2, 0.25) is 0 Å². The molecule has 0 saturated heterocycles. The number of hydrogen-bond donors (Lipinski definition) is 0. The van der Waals surface area contributed by atoms with Crippen LogP contribution in [-0.2, 0) is 0 Å². The Morgan fingerprint density at radius 2 is 1.72 bits per heavy atom. The molecule has 0 heterocycles. The molecule has 1 aromatic rings. The number of benzene rings is 1. The SMILES string of the molecule is COc1cc(F)c(C(=O)CCC(F)(F)F)c(F)c1. The second kappa shape index (κ2) is 5.32. The first kappa shape index (κ1) is 14.4. The van der Waals surface area contributed by atoms with Crippen molar-refractivity contribution in [1.29, 1.82) is 0 Å². The highest BCUT2D eigenvalue weighted by Gasteiger charge is 2.29. The van der Waals surface area contributed by atoms with E-state index in [0.29, 0.717) is 0 Å². The number of Topliss-reactive ketones (excluding diaryl/α,β-unsaturated/α-hetero) is 1. The molecule has 2 nitrogen and oxygen atoms in total. The number of ketones is 1. The average molecular weight is 268 g/mol. The van der Waals surface area contributed by atoms with Crippen LogP contribution < -0.4 is 4.74 Å². The van der Waals surface area contributed by atoms with Crippen molar-refractivity contribution in [3.63, 3.8) is 0 Å². The van der Waals surface area contributed by atoms with Crippen LogP contribution in [0.15, 0.2) is 12.1 Å². The molecule has 0 amide bonds. The number of alkyl halides is 3. The van der Waals surface area contributed by atoms with Crippen LogP contribution in [0.4, 0.5) is 22.0 Å². The summed E-state index contributed by atoms with van der Waals surface area (Å²) >= 11 is 0. The summed E-state index contributed by atoms with van der Waals surface area (Å²) in [4.78, 5) is 11.3. The normalized spacial score (nSPS) is 11.4. The van der Waals surface area contributed by atoms with Gasteiger partial charge in [-0.15, -0.1) is 0 Å². The first-order valence-corrected chi connectivity index (χ1v) is 4.87. The maximum atomic E-state index is 13.3. The molecular weight excluding hydrogens is 259 g/mol. The summed E-state index contributed by atoms with van der Waals surface area (Å²) in [5, 5.41) is 0. The Kier molecular flexibility index (Phi) is 4.26. The second-order valence-corrected chi connectivity index (χ2v) is 3.50. The Morgan fingerprint density at radius 1 is 1.22 bits per heavy atom. The molecule has 100 valence electrons. The topological polar surface area (TPSA) is 26.3 Å². The molecule has 0 bridgehead atoms. The largest absolute Gasteiger partial charge is 0.497 e. The first-order valence-electron chi connectivity index (χ1n) is 4.87. The molecular formula is C11H9F5O2. The molecule has 0 radical (unpaired) electrons. The fourth-order valence-electron chi connectivity index (χ4n) is 1.31. The lowest BCUT2D eigenvalue weighted by atomic mass is 10.0. The maximum Gasteiger partial charge on any atom is 0.389 e. The summed E-state index contributed by atoms with van der Waals surface area (Å²) < 4.78 is 66.9. The van der Waals surface area contributed by atoms with Crippen molar-refractivity contribution in [1.82, 2.24) is 0 Å². The maximum absolute atomic E-state index is 13.3. The zero-order valence-corrected chi connectivity index (χ0v) is 9.28. The van der Waals surface area contributed by atoms with Crippen LogP contribution in [0.3, 0.4) is 0 Å². The van der Waals surface area contributed by atoms with Gasteiger partial charge in [-0.2, -0.15) is 13.2 Å². The van der Waals surface area contributed by atoms with Gasteiger partial charge in [0.05, 0.1) is 19.1 Å². The molecule has 18 heavy (non-hydrogen) atoms. The van der Waals surface area contributed by atoms with Crippen molar-refractivity contribution in [3.05, 3.63) is 29.3 Å². The van der Waals surface area contributed by atoms with Gasteiger partial charge in [0.2, 0.25) is 0 Å². The second-order valence-electron chi connectivity index (χ2n) is 3.50. The zero-order chi connectivity index (χ0) is 13.9. The number of carbonyl (C=O) groups is 1. The van der Waals surface area contributed by atoms with Crippen molar-refractivity contribution in [2.24, 2.45) is 0 Å². The van der Waals surface area contributed by atoms with Crippen LogP contribution in [0.25, 0.3) is 0 Å². The van der Waals surface area contributed by atoms with Gasteiger partial charge in [0, 0.05) is 18.6 Å². The standard InChI is InChI=1S/C11H9F5O2/c1-18-6-4-7(12)10(8(13)5-6)9(17)2-3-11(14,15)16/h4-5H,2-3H2,1H3. The Hall–Kier alpha value is -1.66. The van der Waals surface area contributed by atoms with E-state index in [1.54, 1.807) is 0 Å². The highest BCUT2D eigenvalue weighted by Crippen LogP contribution is 2.26. The van der Waals surface area contributed by atoms with Gasteiger partial charge in [-0.3, -0.25) is 4.79 Å². The van der Waals surface area contributed by atoms with Crippen LogP contribution in [0, 0.1) is 11.6 Å². The molecule has 0 aliphatic carbocycles. The summed E-state index contributed by atoms with van der Waals surface area (Å²) in [6.45, 7) is 0. The molecule has 0 N–H and O–H groups in total. The highest BCUT2D eigenvalue weighted by molar-refractivity contribution is 5.96. The number of halogens is 5. The molecule has 0 aliphatic rings. The zero-order valence-electron chi connectivity index (χ0n) is 9.28. The van der Waals surface area contributed by atoms with Crippen LogP contribution >= 0.6 is 0 Å². The number of hydrogen-bond acceptors (Lipinski definition) is 2. The lowest BCUT2D eigenvalue weighted by molar-refractivity contribution is -0.133. The highest BCUT2D eigenvalue weighted by atomic mass is 19.4. The average Bonchev–Trinajstić information content (AvgIpc) is 2.24. The molecule has 0 aliphatic heterocycles. The fraction of sp³-hybridized carbons (Fsp3) is 0.364. The van der Waals surface area contributed by atoms with E-state index in [1.165, 1.54) is 7.11 Å². The molecule has 1 aromatic carbocycles. The van der Waals surface area contributed by atoms with E-state index in [2.05, 4.69) is 4.74 Å². The minimum Gasteiger partial charge on any atom is -0.497 e. The van der Waals surface area contributed by atoms with Gasteiger partial charge in [-0.1, -0.05) is 0 Å². The van der Waals surface area contributed by atoms with Crippen LogP contribution in [0.1, 0.15) is 23.2 Å². The third-order valence-corrected chi connectivity index (χ3v) is 2.17. The van der Waals surface area contributed by atoms with Crippen LogP contribution in [0.5, 0.6) is 5.75 Å². The summed E-state index contributed by atoms with van der Waals surface area (Å²) in [7, 11) is 1.17. The van der Waals surface area contributed by atoms with Gasteiger partial charge in [0.25, 0.3) is 0 Å². The number of methoxy groups -OCH3 is 1. The monoisotopic (exact) mass is 268 g/mol. The Labute approximate surface area is 99.4 Å². The predicted molar refractivity (Wildman–Crippen MR) is 52.5 cm³/mol. The van der Waals surface area contributed by atoms with E-state index in [1.807, 2.05) is 0 Å². The van der Waals surface area contributed by atoms with Gasteiger partial charge in [-0.05, 0) is 0 Å². The van der Waals surface area contributed by atoms with E-state index in [0.717, 1.165) is 12.1 Å². The Balaban J connectivity index is 2.93. The minimum absolute atomic E-state index is 0.155. The lowest BCUT2D eigenvalue weighted by Gasteiger charge is -2.08. The Morgan fingerprint density at radius 3 is 2.11 bits per heavy atom. The molecule has 0 aromatic heterocycles. The van der Waals surface area contributed by atoms with E-state index in [-0.39, 0.29) is 5.75 Å². The van der Waals surface area contributed by atoms with E-state index >= 15 is 0 Å². The van der Waals surface area contributed by atoms with E-state index in [9.17, 15) is 26.7 Å². The molecule has 0 atom stereocenters. The van der Waals surface area contributed by atoms with E-state index in [4.69, 9.17) is 0 Å². The molecule has 0 saturated carbocycles. The molecule has 1 rings (SSSR count). The lowest BCUT2D eigenvalue weighted by Crippen LogP contribution is -2.13. The molecule has 7 heteroatoms. The molecule has 0 unspecified atom stereocenters.